The van der Waals surface area contributed by atoms with Gasteiger partial charge in [0.1, 0.15) is 28.6 Å². The maximum Gasteiger partial charge on any atom is 0.347 e. The van der Waals surface area contributed by atoms with Crippen LogP contribution in [0.4, 0.5) is 0 Å². The number of carbonyl (C=O) groups is 2. The minimum absolute atomic E-state index is 0.00267. The van der Waals surface area contributed by atoms with Crippen molar-refractivity contribution in [3.8, 4) is 17.2 Å². The molecule has 3 N–H and O–H groups in total. The van der Waals surface area contributed by atoms with Gasteiger partial charge in [-0.3, -0.25) is 4.79 Å². The maximum atomic E-state index is 13.1. The number of hydrogen-bond donors (Lipinski definition) is 3. The molecule has 0 amide bonds. The SMILES string of the molecule is O=C1O/C(=C(\c2ccc(O)cc2)c2cc(Br)c(O)c(Br)c2)C=C1C(=O)c1cc(Br)c(O)c(Br)c1. The number of rotatable bonds is 4. The molecule has 0 aliphatic carbocycles. The summed E-state index contributed by atoms with van der Waals surface area (Å²) in [4.78, 5) is 25.8. The van der Waals surface area contributed by atoms with E-state index in [4.69, 9.17) is 4.74 Å². The fourth-order valence-corrected chi connectivity index (χ4v) is 5.67. The van der Waals surface area contributed by atoms with Crippen LogP contribution in [-0.2, 0) is 9.53 Å². The Morgan fingerprint density at radius 1 is 0.706 bits per heavy atom. The van der Waals surface area contributed by atoms with E-state index in [9.17, 15) is 24.9 Å². The van der Waals surface area contributed by atoms with Crippen molar-refractivity contribution >= 4 is 81.0 Å². The fourth-order valence-electron chi connectivity index (χ4n) is 3.30. The summed E-state index contributed by atoms with van der Waals surface area (Å²) in [5.74, 6) is -1.30. The number of cyclic esters (lactones) is 1. The van der Waals surface area contributed by atoms with Crippen LogP contribution >= 0.6 is 63.7 Å². The summed E-state index contributed by atoms with van der Waals surface area (Å²) in [5.41, 5.74) is 1.62. The highest BCUT2D eigenvalue weighted by molar-refractivity contribution is 9.11. The lowest BCUT2D eigenvalue weighted by molar-refractivity contribution is -0.132. The molecular weight excluding hydrogens is 704 g/mol. The predicted octanol–water partition coefficient (Wildman–Crippen LogP) is 6.98. The van der Waals surface area contributed by atoms with E-state index in [0.29, 0.717) is 25.6 Å². The van der Waals surface area contributed by atoms with Gasteiger partial charge in [-0.1, -0.05) is 12.1 Å². The van der Waals surface area contributed by atoms with E-state index in [-0.39, 0.29) is 43.1 Å². The van der Waals surface area contributed by atoms with Gasteiger partial charge in [-0.2, -0.15) is 0 Å². The number of ketones is 1. The van der Waals surface area contributed by atoms with Crippen LogP contribution in [0.5, 0.6) is 17.2 Å². The van der Waals surface area contributed by atoms with Crippen LogP contribution in [0.3, 0.4) is 0 Å². The Bertz CT molecular complexity index is 1380. The van der Waals surface area contributed by atoms with Gasteiger partial charge >= 0.3 is 5.97 Å². The molecule has 4 rings (SSSR count). The first kappa shape index (κ1) is 24.7. The second kappa shape index (κ2) is 9.69. The van der Waals surface area contributed by atoms with Crippen LogP contribution in [0.25, 0.3) is 5.57 Å². The summed E-state index contributed by atoms with van der Waals surface area (Å²) in [6.45, 7) is 0. The number of phenols is 3. The average Bonchev–Trinajstić information content (AvgIpc) is 3.17. The molecule has 1 heterocycles. The Hall–Kier alpha value is -2.40. The summed E-state index contributed by atoms with van der Waals surface area (Å²) in [6.07, 6.45) is 1.36. The van der Waals surface area contributed by atoms with Gasteiger partial charge in [0, 0.05) is 17.2 Å². The van der Waals surface area contributed by atoms with Crippen molar-refractivity contribution in [1.29, 1.82) is 0 Å². The quantitative estimate of drug-likeness (QED) is 0.153. The summed E-state index contributed by atoms with van der Waals surface area (Å²) < 4.78 is 6.89. The predicted molar refractivity (Wildman–Crippen MR) is 140 cm³/mol. The number of carbonyl (C=O) groups excluding carboxylic acids is 2. The number of halogens is 4. The molecule has 0 saturated carbocycles. The zero-order valence-corrected chi connectivity index (χ0v) is 23.1. The third-order valence-corrected chi connectivity index (χ3v) is 7.35. The first-order valence-corrected chi connectivity index (χ1v) is 12.6. The van der Waals surface area contributed by atoms with Crippen LogP contribution in [0.15, 0.2) is 83.8 Å². The zero-order chi connectivity index (χ0) is 24.7. The van der Waals surface area contributed by atoms with Gasteiger partial charge in [0.15, 0.2) is 0 Å². The highest BCUT2D eigenvalue weighted by Gasteiger charge is 2.31. The monoisotopic (exact) mass is 712 g/mol. The molecule has 1 aliphatic rings. The maximum absolute atomic E-state index is 13.1. The second-order valence-electron chi connectivity index (χ2n) is 7.14. The third-order valence-electron chi connectivity index (χ3n) is 4.93. The van der Waals surface area contributed by atoms with Gasteiger partial charge in [-0.15, -0.1) is 0 Å². The average molecular weight is 716 g/mol. The van der Waals surface area contributed by atoms with Crippen molar-refractivity contribution in [3.05, 3.63) is 101 Å². The Morgan fingerprint density at radius 2 is 1.18 bits per heavy atom. The Labute approximate surface area is 227 Å². The Balaban J connectivity index is 1.90. The lowest BCUT2D eigenvalue weighted by atomic mass is 9.95. The van der Waals surface area contributed by atoms with Crippen LogP contribution in [0.1, 0.15) is 21.5 Å². The van der Waals surface area contributed by atoms with Gasteiger partial charge in [0.05, 0.1) is 17.9 Å². The van der Waals surface area contributed by atoms with E-state index < -0.39 is 11.8 Å². The van der Waals surface area contributed by atoms with Crippen LogP contribution < -0.4 is 0 Å². The number of ether oxygens (including phenoxy) is 1. The number of phenolic OH excluding ortho intramolecular Hbond substituents is 3. The largest absolute Gasteiger partial charge is 0.508 e. The summed E-state index contributed by atoms with van der Waals surface area (Å²) in [7, 11) is 0. The minimum Gasteiger partial charge on any atom is -0.508 e. The number of esters is 1. The number of Topliss-reactive ketones (excluding diaryl/α,β-unsaturated/α-hetero) is 1. The molecule has 0 fully saturated rings. The summed E-state index contributed by atoms with van der Waals surface area (Å²) >= 11 is 13.0. The molecular formula is C24H12Br4O6. The van der Waals surface area contributed by atoms with E-state index >= 15 is 0 Å². The van der Waals surface area contributed by atoms with Crippen molar-refractivity contribution in [2.45, 2.75) is 0 Å². The van der Waals surface area contributed by atoms with Crippen molar-refractivity contribution in [3.63, 3.8) is 0 Å². The van der Waals surface area contributed by atoms with Crippen LogP contribution in [0.2, 0.25) is 0 Å². The van der Waals surface area contributed by atoms with E-state index in [1.807, 2.05) is 0 Å². The molecule has 0 aromatic heterocycles. The zero-order valence-electron chi connectivity index (χ0n) is 16.8. The van der Waals surface area contributed by atoms with Gasteiger partial charge in [-0.05, 0) is 111 Å². The highest BCUT2D eigenvalue weighted by atomic mass is 79.9. The van der Waals surface area contributed by atoms with Crippen molar-refractivity contribution in [1.82, 2.24) is 0 Å². The topological polar surface area (TPSA) is 104 Å². The normalized spacial score (nSPS) is 14.6. The Morgan fingerprint density at radius 3 is 1.68 bits per heavy atom. The lowest BCUT2D eigenvalue weighted by Gasteiger charge is -2.13. The number of benzene rings is 3. The molecule has 0 bridgehead atoms. The standard InChI is InChI=1S/C24H12Br4O6/c25-15-5-11(6-16(26)22(15)31)20(10-1-3-13(29)4-2-10)19-9-14(24(33)34-19)21(30)12-7-17(27)23(32)18(28)8-12/h1-9,29,31-32H/b20-19+. The van der Waals surface area contributed by atoms with Crippen LogP contribution in [-0.4, -0.2) is 27.1 Å². The lowest BCUT2D eigenvalue weighted by Crippen LogP contribution is -2.10. The summed E-state index contributed by atoms with van der Waals surface area (Å²) in [6, 6.07) is 12.4. The molecule has 0 unspecified atom stereocenters. The van der Waals surface area contributed by atoms with Gasteiger partial charge in [0.25, 0.3) is 0 Å². The Kier molecular flexibility index (Phi) is 7.04. The number of hydrogen-bond acceptors (Lipinski definition) is 6. The molecule has 172 valence electrons. The molecule has 1 aliphatic heterocycles. The van der Waals surface area contributed by atoms with Crippen molar-refractivity contribution in [2.75, 3.05) is 0 Å². The summed E-state index contributed by atoms with van der Waals surface area (Å²) in [5, 5.41) is 29.8. The van der Waals surface area contributed by atoms with Crippen molar-refractivity contribution < 1.29 is 29.6 Å². The van der Waals surface area contributed by atoms with Gasteiger partial charge < -0.3 is 20.1 Å². The molecule has 3 aromatic rings. The molecule has 3 aromatic carbocycles. The van der Waals surface area contributed by atoms with E-state index in [2.05, 4.69) is 63.7 Å². The molecule has 0 saturated heterocycles. The number of allylic oxidation sites excluding steroid dienone is 1. The number of aromatic hydroxyl groups is 3. The first-order valence-electron chi connectivity index (χ1n) is 9.45. The molecule has 0 radical (unpaired) electrons. The molecule has 34 heavy (non-hydrogen) atoms. The van der Waals surface area contributed by atoms with Gasteiger partial charge in [0.2, 0.25) is 5.78 Å². The second-order valence-corrected chi connectivity index (χ2v) is 10.6. The molecule has 10 heteroatoms. The minimum atomic E-state index is -0.825. The first-order chi connectivity index (χ1) is 16.1. The van der Waals surface area contributed by atoms with E-state index in [1.54, 1.807) is 24.3 Å². The van der Waals surface area contributed by atoms with E-state index in [1.165, 1.54) is 30.3 Å². The molecule has 6 nitrogen and oxygen atoms in total. The van der Waals surface area contributed by atoms with E-state index in [0.717, 1.165) is 0 Å². The van der Waals surface area contributed by atoms with Gasteiger partial charge in [-0.25, -0.2) is 4.79 Å². The van der Waals surface area contributed by atoms with Crippen LogP contribution in [0, 0.1) is 0 Å². The fraction of sp³-hybridized carbons (Fsp3) is 0. The molecule has 0 spiro atoms. The third kappa shape index (κ3) is 4.72. The molecule has 0 atom stereocenters. The highest BCUT2D eigenvalue weighted by Crippen LogP contribution is 2.40. The van der Waals surface area contributed by atoms with Crippen molar-refractivity contribution in [2.24, 2.45) is 0 Å². The smallest absolute Gasteiger partial charge is 0.347 e.